The third-order valence-corrected chi connectivity index (χ3v) is 6.16. The molecule has 0 radical (unpaired) electrons. The highest BCUT2D eigenvalue weighted by atomic mass is 16.5. The normalized spacial score (nSPS) is 12.8. The van der Waals surface area contributed by atoms with Gasteiger partial charge >= 0.3 is 12.0 Å². The molecule has 8 heteroatoms. The third-order valence-electron chi connectivity index (χ3n) is 6.16. The fraction of sp³-hybridized carbons (Fsp3) is 0.346. The van der Waals surface area contributed by atoms with Gasteiger partial charge in [-0.25, -0.2) is 10.2 Å². The number of hydrogen-bond acceptors (Lipinski definition) is 4. The maximum absolute atomic E-state index is 12.9. The molecule has 4 N–H and O–H groups in total. The lowest BCUT2D eigenvalue weighted by Crippen LogP contribution is -2.30. The molecule has 0 spiro atoms. The van der Waals surface area contributed by atoms with E-state index in [4.69, 9.17) is 4.74 Å². The Labute approximate surface area is 200 Å². The largest absolute Gasteiger partial charge is 0.465 e. The summed E-state index contributed by atoms with van der Waals surface area (Å²) in [6, 6.07) is 16.5. The first-order chi connectivity index (χ1) is 16.4. The Morgan fingerprint density at radius 1 is 1.00 bits per heavy atom. The minimum atomic E-state index is -0.777. The zero-order valence-electron chi connectivity index (χ0n) is 20.1. The van der Waals surface area contributed by atoms with E-state index in [2.05, 4.69) is 45.7 Å². The molecule has 2 heterocycles. The minimum absolute atomic E-state index is 0.236. The zero-order valence-corrected chi connectivity index (χ0v) is 20.1. The van der Waals surface area contributed by atoms with Crippen LogP contribution in [0.25, 0.3) is 0 Å². The molecule has 2 amide bonds. The SMILES string of the molecule is CCOC(=O)C(/C(C)=N/NC(=O)Nc1ccccc1)c1ccc(C(CC)(CC)c2ccc[nH]2)[nH]1. The Morgan fingerprint density at radius 2 is 1.74 bits per heavy atom. The number of nitrogens with one attached hydrogen (secondary N) is 4. The average molecular weight is 464 g/mol. The number of benzene rings is 1. The van der Waals surface area contributed by atoms with Crippen LogP contribution < -0.4 is 10.7 Å². The third kappa shape index (κ3) is 5.39. The van der Waals surface area contributed by atoms with Gasteiger partial charge in [0.25, 0.3) is 0 Å². The number of esters is 1. The predicted octanol–water partition coefficient (Wildman–Crippen LogP) is 5.29. The number of carbonyl (C=O) groups is 2. The molecule has 3 rings (SSSR count). The van der Waals surface area contributed by atoms with Crippen molar-refractivity contribution in [3.8, 4) is 0 Å². The number of anilines is 1. The number of ether oxygens (including phenoxy) is 1. The van der Waals surface area contributed by atoms with Gasteiger partial charge in [-0.2, -0.15) is 5.10 Å². The van der Waals surface area contributed by atoms with Crippen molar-refractivity contribution in [2.45, 2.75) is 51.9 Å². The Balaban J connectivity index is 1.86. The Morgan fingerprint density at radius 3 is 2.35 bits per heavy atom. The van der Waals surface area contributed by atoms with Crippen molar-refractivity contribution in [1.29, 1.82) is 0 Å². The Kier molecular flexibility index (Phi) is 8.29. The second-order valence-corrected chi connectivity index (χ2v) is 8.07. The molecule has 0 aliphatic rings. The highest BCUT2D eigenvalue weighted by molar-refractivity contribution is 6.06. The van der Waals surface area contributed by atoms with Crippen LogP contribution in [0.4, 0.5) is 10.5 Å². The molecule has 1 atom stereocenters. The molecule has 8 nitrogen and oxygen atoms in total. The van der Waals surface area contributed by atoms with Crippen molar-refractivity contribution >= 4 is 23.4 Å². The number of urea groups is 1. The summed E-state index contributed by atoms with van der Waals surface area (Å²) in [5.41, 5.74) is 6.07. The van der Waals surface area contributed by atoms with E-state index in [0.717, 1.165) is 24.2 Å². The average Bonchev–Trinajstić information content (AvgIpc) is 3.54. The van der Waals surface area contributed by atoms with Gasteiger partial charge in [0.2, 0.25) is 0 Å². The molecule has 2 aromatic heterocycles. The molecule has 1 unspecified atom stereocenters. The molecule has 1 aromatic carbocycles. The predicted molar refractivity (Wildman–Crippen MR) is 134 cm³/mol. The first-order valence-corrected chi connectivity index (χ1v) is 11.6. The maximum Gasteiger partial charge on any atom is 0.339 e. The fourth-order valence-electron chi connectivity index (χ4n) is 4.28. The number of aromatic nitrogens is 2. The summed E-state index contributed by atoms with van der Waals surface area (Å²) < 4.78 is 5.33. The number of carbonyl (C=O) groups excluding carboxylic acids is 2. The van der Waals surface area contributed by atoms with Crippen molar-refractivity contribution in [2.75, 3.05) is 11.9 Å². The van der Waals surface area contributed by atoms with Crippen LogP contribution in [0.15, 0.2) is 65.9 Å². The summed E-state index contributed by atoms with van der Waals surface area (Å²) >= 11 is 0. The summed E-state index contributed by atoms with van der Waals surface area (Å²) in [6.45, 7) is 8.00. The van der Waals surface area contributed by atoms with E-state index >= 15 is 0 Å². The van der Waals surface area contributed by atoms with E-state index in [1.54, 1.807) is 26.0 Å². The number of nitrogens with zero attached hydrogens (tertiary/aromatic N) is 1. The summed E-state index contributed by atoms with van der Waals surface area (Å²) in [5.74, 6) is -1.21. The van der Waals surface area contributed by atoms with Crippen LogP contribution in [0.2, 0.25) is 0 Å². The lowest BCUT2D eigenvalue weighted by Gasteiger charge is -2.30. The van der Waals surface area contributed by atoms with Crippen molar-refractivity contribution in [3.05, 3.63) is 77.9 Å². The van der Waals surface area contributed by atoms with E-state index in [0.29, 0.717) is 17.1 Å². The Bertz CT molecular complexity index is 1100. The Hall–Kier alpha value is -3.81. The standard InChI is InChI=1S/C26H33N5O3/c1-5-26(6-2,21-14-11-17-27-21)22-16-15-20(29-22)23(24(32)34-7-3)18(4)30-31-25(33)28-19-12-9-8-10-13-19/h8-17,23,27,29H,5-7H2,1-4H3,(H2,28,31,33)/b30-18+. The molecule has 0 fully saturated rings. The zero-order chi connectivity index (χ0) is 24.6. The van der Waals surface area contributed by atoms with Gasteiger partial charge in [-0.1, -0.05) is 32.0 Å². The molecule has 0 aliphatic heterocycles. The van der Waals surface area contributed by atoms with Gasteiger partial charge in [-0.3, -0.25) is 4.79 Å². The van der Waals surface area contributed by atoms with Gasteiger partial charge in [0, 0.05) is 34.4 Å². The van der Waals surface area contributed by atoms with Gasteiger partial charge < -0.3 is 20.0 Å². The second kappa shape index (κ2) is 11.4. The highest BCUT2D eigenvalue weighted by Gasteiger charge is 2.35. The molecular weight excluding hydrogens is 430 g/mol. The van der Waals surface area contributed by atoms with Crippen LogP contribution in [-0.4, -0.2) is 34.3 Å². The summed E-state index contributed by atoms with van der Waals surface area (Å²) in [7, 11) is 0. The van der Waals surface area contributed by atoms with Crippen molar-refractivity contribution in [2.24, 2.45) is 5.10 Å². The number of amides is 2. The van der Waals surface area contributed by atoms with E-state index in [-0.39, 0.29) is 12.0 Å². The van der Waals surface area contributed by atoms with Crippen molar-refractivity contribution in [3.63, 3.8) is 0 Å². The molecule has 180 valence electrons. The highest BCUT2D eigenvalue weighted by Crippen LogP contribution is 2.38. The lowest BCUT2D eigenvalue weighted by molar-refractivity contribution is -0.143. The minimum Gasteiger partial charge on any atom is -0.465 e. The van der Waals surface area contributed by atoms with Gasteiger partial charge in [0.15, 0.2) is 0 Å². The molecule has 3 aromatic rings. The number of rotatable bonds is 10. The first kappa shape index (κ1) is 24.8. The molecule has 0 saturated heterocycles. The summed E-state index contributed by atoms with van der Waals surface area (Å²) in [6.07, 6.45) is 3.67. The number of hydrogen-bond donors (Lipinski definition) is 4. The lowest BCUT2D eigenvalue weighted by atomic mass is 9.76. The van der Waals surface area contributed by atoms with Crippen LogP contribution >= 0.6 is 0 Å². The smallest absolute Gasteiger partial charge is 0.339 e. The van der Waals surface area contributed by atoms with E-state index in [9.17, 15) is 9.59 Å². The quantitative estimate of drug-likeness (QED) is 0.186. The number of hydrazone groups is 1. The number of H-pyrrole nitrogens is 2. The van der Waals surface area contributed by atoms with Crippen LogP contribution in [0.1, 0.15) is 63.5 Å². The molecule has 34 heavy (non-hydrogen) atoms. The summed E-state index contributed by atoms with van der Waals surface area (Å²) in [5, 5.41) is 6.89. The molecular formula is C26H33N5O3. The first-order valence-electron chi connectivity index (χ1n) is 11.6. The topological polar surface area (TPSA) is 111 Å². The van der Waals surface area contributed by atoms with Crippen LogP contribution in [0.3, 0.4) is 0 Å². The molecule has 0 aliphatic carbocycles. The molecule has 0 bridgehead atoms. The number of aromatic amines is 2. The van der Waals surface area contributed by atoms with Gasteiger partial charge in [-0.15, -0.1) is 0 Å². The van der Waals surface area contributed by atoms with Crippen LogP contribution in [0.5, 0.6) is 0 Å². The van der Waals surface area contributed by atoms with Crippen molar-refractivity contribution < 1.29 is 14.3 Å². The second-order valence-electron chi connectivity index (χ2n) is 8.07. The maximum atomic E-state index is 12.9. The van der Waals surface area contributed by atoms with Gasteiger partial charge in [-0.05, 0) is 63.1 Å². The monoisotopic (exact) mass is 463 g/mol. The molecule has 0 saturated carbocycles. The fourth-order valence-corrected chi connectivity index (χ4v) is 4.28. The van der Waals surface area contributed by atoms with E-state index in [1.807, 2.05) is 42.6 Å². The van der Waals surface area contributed by atoms with E-state index in [1.165, 1.54) is 0 Å². The number of para-hydroxylation sites is 1. The van der Waals surface area contributed by atoms with Gasteiger partial charge in [0.05, 0.1) is 12.3 Å². The van der Waals surface area contributed by atoms with Gasteiger partial charge in [0.1, 0.15) is 5.92 Å². The van der Waals surface area contributed by atoms with Crippen molar-refractivity contribution in [1.82, 2.24) is 15.4 Å². The summed E-state index contributed by atoms with van der Waals surface area (Å²) in [4.78, 5) is 32.0. The van der Waals surface area contributed by atoms with Crippen LogP contribution in [-0.2, 0) is 14.9 Å². The van der Waals surface area contributed by atoms with E-state index < -0.39 is 17.9 Å². The van der Waals surface area contributed by atoms with Crippen LogP contribution in [0, 0.1) is 0 Å².